The standard InChI is InChI=1S/C25H26N4O2/c1-2-13-28-22-11-7-6-10-20(22)21-15-26-29(25(31)24(21)28)17-23(30)27-14-12-19(16-27)18-8-4-3-5-9-18/h3-11,15,19H,2,12-14,16-17H2,1H3/t19-/m0/s1. The van der Waals surface area contributed by atoms with Crippen LogP contribution in [0.3, 0.4) is 0 Å². The van der Waals surface area contributed by atoms with Gasteiger partial charge in [0.25, 0.3) is 5.56 Å². The van der Waals surface area contributed by atoms with Gasteiger partial charge >= 0.3 is 0 Å². The molecule has 0 saturated carbocycles. The summed E-state index contributed by atoms with van der Waals surface area (Å²) < 4.78 is 3.39. The van der Waals surface area contributed by atoms with Crippen molar-refractivity contribution in [2.24, 2.45) is 0 Å². The van der Waals surface area contributed by atoms with Gasteiger partial charge in [-0.2, -0.15) is 5.10 Å². The van der Waals surface area contributed by atoms with E-state index in [2.05, 4.69) is 28.7 Å². The minimum atomic E-state index is -0.200. The topological polar surface area (TPSA) is 60.1 Å². The third-order valence-corrected chi connectivity index (χ3v) is 6.32. The second-order valence-electron chi connectivity index (χ2n) is 8.27. The Hall–Kier alpha value is -3.41. The molecule has 158 valence electrons. The Bertz CT molecular complexity index is 1310. The molecule has 6 nitrogen and oxygen atoms in total. The molecule has 0 unspecified atom stereocenters. The molecule has 1 saturated heterocycles. The van der Waals surface area contributed by atoms with Crippen LogP contribution in [0.25, 0.3) is 21.8 Å². The molecule has 1 amide bonds. The number of carbonyl (C=O) groups is 1. The predicted octanol–water partition coefficient (Wildman–Crippen LogP) is 3.78. The van der Waals surface area contributed by atoms with Crippen LogP contribution in [0, 0.1) is 0 Å². The van der Waals surface area contributed by atoms with Gasteiger partial charge in [0.05, 0.1) is 6.20 Å². The highest BCUT2D eigenvalue weighted by Crippen LogP contribution is 2.28. The SMILES string of the molecule is CCCn1c2ccccc2c2cnn(CC(=O)N3CC[C@H](c4ccccc4)C3)c(=O)c21. The van der Waals surface area contributed by atoms with Crippen LogP contribution < -0.4 is 5.56 Å². The van der Waals surface area contributed by atoms with Crippen molar-refractivity contribution >= 4 is 27.7 Å². The number of hydrogen-bond donors (Lipinski definition) is 0. The summed E-state index contributed by atoms with van der Waals surface area (Å²) in [7, 11) is 0. The third kappa shape index (κ3) is 3.42. The second kappa shape index (κ2) is 8.02. The van der Waals surface area contributed by atoms with E-state index in [1.165, 1.54) is 10.2 Å². The van der Waals surface area contributed by atoms with Crippen molar-refractivity contribution in [3.63, 3.8) is 0 Å². The monoisotopic (exact) mass is 414 g/mol. The maximum atomic E-state index is 13.3. The Morgan fingerprint density at radius 1 is 1.06 bits per heavy atom. The zero-order valence-electron chi connectivity index (χ0n) is 17.7. The molecule has 0 aliphatic carbocycles. The fourth-order valence-electron chi connectivity index (χ4n) is 4.77. The summed E-state index contributed by atoms with van der Waals surface area (Å²) in [6, 6.07) is 18.3. The first kappa shape index (κ1) is 19.5. The smallest absolute Gasteiger partial charge is 0.291 e. The molecule has 6 heteroatoms. The van der Waals surface area contributed by atoms with Crippen LogP contribution in [0.15, 0.2) is 65.6 Å². The third-order valence-electron chi connectivity index (χ3n) is 6.32. The Balaban J connectivity index is 1.44. The maximum absolute atomic E-state index is 13.3. The number of likely N-dealkylation sites (tertiary alicyclic amines) is 1. The van der Waals surface area contributed by atoms with E-state index in [0.717, 1.165) is 35.7 Å². The van der Waals surface area contributed by atoms with Crippen molar-refractivity contribution in [2.45, 2.75) is 38.8 Å². The summed E-state index contributed by atoms with van der Waals surface area (Å²) >= 11 is 0. The predicted molar refractivity (Wildman–Crippen MR) is 122 cm³/mol. The van der Waals surface area contributed by atoms with Crippen molar-refractivity contribution in [3.8, 4) is 0 Å². The molecular weight excluding hydrogens is 388 g/mol. The van der Waals surface area contributed by atoms with Crippen molar-refractivity contribution in [1.82, 2.24) is 19.2 Å². The molecule has 2 aromatic carbocycles. The number of benzene rings is 2. The average molecular weight is 415 g/mol. The molecule has 1 fully saturated rings. The number of fused-ring (bicyclic) bond motifs is 3. The number of carbonyl (C=O) groups excluding carboxylic acids is 1. The van der Waals surface area contributed by atoms with Gasteiger partial charge < -0.3 is 9.47 Å². The molecule has 0 radical (unpaired) electrons. The van der Waals surface area contributed by atoms with Gasteiger partial charge in [-0.05, 0) is 24.5 Å². The molecule has 0 N–H and O–H groups in total. The van der Waals surface area contributed by atoms with E-state index in [1.807, 2.05) is 47.4 Å². The number of rotatable bonds is 5. The second-order valence-corrected chi connectivity index (χ2v) is 8.27. The highest BCUT2D eigenvalue weighted by Gasteiger charge is 2.28. The number of hydrogen-bond acceptors (Lipinski definition) is 3. The van der Waals surface area contributed by atoms with E-state index in [4.69, 9.17) is 0 Å². The summed E-state index contributed by atoms with van der Waals surface area (Å²) in [6.07, 6.45) is 3.60. The number of aryl methyl sites for hydroxylation is 1. The lowest BCUT2D eigenvalue weighted by Gasteiger charge is -2.17. The first-order valence-electron chi connectivity index (χ1n) is 11.0. The molecule has 1 aliphatic heterocycles. The van der Waals surface area contributed by atoms with Gasteiger partial charge in [-0.3, -0.25) is 9.59 Å². The Morgan fingerprint density at radius 3 is 2.65 bits per heavy atom. The maximum Gasteiger partial charge on any atom is 0.291 e. The first-order chi connectivity index (χ1) is 15.2. The van der Waals surface area contributed by atoms with Crippen molar-refractivity contribution in [3.05, 3.63) is 76.7 Å². The molecule has 31 heavy (non-hydrogen) atoms. The first-order valence-corrected chi connectivity index (χ1v) is 11.0. The van der Waals surface area contributed by atoms with E-state index in [-0.39, 0.29) is 18.0 Å². The summed E-state index contributed by atoms with van der Waals surface area (Å²) in [6.45, 7) is 4.23. The van der Waals surface area contributed by atoms with Gasteiger partial charge in [-0.1, -0.05) is 55.5 Å². The summed E-state index contributed by atoms with van der Waals surface area (Å²) in [5, 5.41) is 6.24. The lowest BCUT2D eigenvalue weighted by atomic mass is 9.99. The zero-order valence-corrected chi connectivity index (χ0v) is 17.7. The normalized spacial score (nSPS) is 16.4. The van der Waals surface area contributed by atoms with Gasteiger partial charge in [0, 0.05) is 41.8 Å². The molecule has 1 aliphatic rings. The largest absolute Gasteiger partial charge is 0.340 e. The van der Waals surface area contributed by atoms with Crippen LogP contribution in [0.1, 0.15) is 31.2 Å². The summed E-state index contributed by atoms with van der Waals surface area (Å²) in [5.41, 5.74) is 2.73. The van der Waals surface area contributed by atoms with Gasteiger partial charge in [0.1, 0.15) is 12.1 Å². The van der Waals surface area contributed by atoms with Crippen LogP contribution >= 0.6 is 0 Å². The molecular formula is C25H26N4O2. The van der Waals surface area contributed by atoms with Crippen LogP contribution in [-0.2, 0) is 17.9 Å². The fourth-order valence-corrected chi connectivity index (χ4v) is 4.77. The number of nitrogens with zero attached hydrogens (tertiary/aromatic N) is 4. The van der Waals surface area contributed by atoms with E-state index in [1.54, 1.807) is 6.20 Å². The van der Waals surface area contributed by atoms with Gasteiger partial charge in [-0.25, -0.2) is 4.68 Å². The van der Waals surface area contributed by atoms with Gasteiger partial charge in [0.15, 0.2) is 0 Å². The van der Waals surface area contributed by atoms with E-state index in [0.29, 0.717) is 24.5 Å². The lowest BCUT2D eigenvalue weighted by Crippen LogP contribution is -2.36. The quantitative estimate of drug-likeness (QED) is 0.499. The number of amides is 1. The van der Waals surface area contributed by atoms with Crippen molar-refractivity contribution in [2.75, 3.05) is 13.1 Å². The molecule has 0 spiro atoms. The van der Waals surface area contributed by atoms with Crippen LogP contribution in [0.2, 0.25) is 0 Å². The molecule has 5 rings (SSSR count). The minimum absolute atomic E-state index is 0.0239. The molecule has 0 bridgehead atoms. The van der Waals surface area contributed by atoms with Gasteiger partial charge in [-0.15, -0.1) is 0 Å². The molecule has 4 aromatic rings. The zero-order chi connectivity index (χ0) is 21.4. The highest BCUT2D eigenvalue weighted by atomic mass is 16.2. The Labute approximate surface area is 180 Å². The van der Waals surface area contributed by atoms with Crippen LogP contribution in [0.4, 0.5) is 0 Å². The summed E-state index contributed by atoms with van der Waals surface area (Å²) in [5.74, 6) is 0.301. The number of para-hydroxylation sites is 1. The van der Waals surface area contributed by atoms with Crippen molar-refractivity contribution < 1.29 is 4.79 Å². The molecule has 3 heterocycles. The minimum Gasteiger partial charge on any atom is -0.340 e. The van der Waals surface area contributed by atoms with Crippen LogP contribution in [0.5, 0.6) is 0 Å². The highest BCUT2D eigenvalue weighted by molar-refractivity contribution is 6.07. The average Bonchev–Trinajstić information content (AvgIpc) is 3.41. The van der Waals surface area contributed by atoms with Gasteiger partial charge in [0.2, 0.25) is 5.91 Å². The van der Waals surface area contributed by atoms with E-state index in [9.17, 15) is 9.59 Å². The lowest BCUT2D eigenvalue weighted by molar-refractivity contribution is -0.131. The summed E-state index contributed by atoms with van der Waals surface area (Å²) in [4.78, 5) is 28.2. The van der Waals surface area contributed by atoms with Crippen LogP contribution in [-0.4, -0.2) is 38.2 Å². The molecule has 2 aromatic heterocycles. The van der Waals surface area contributed by atoms with E-state index >= 15 is 0 Å². The number of aromatic nitrogens is 3. The van der Waals surface area contributed by atoms with Crippen molar-refractivity contribution in [1.29, 1.82) is 0 Å². The fraction of sp³-hybridized carbons (Fsp3) is 0.320. The Kier molecular flexibility index (Phi) is 5.06. The molecule has 1 atom stereocenters. The van der Waals surface area contributed by atoms with E-state index < -0.39 is 0 Å². The Morgan fingerprint density at radius 2 is 1.84 bits per heavy atom.